The number of amides is 1. The number of primary amides is 1. The molecule has 1 aromatic carbocycles. The Morgan fingerprint density at radius 3 is 2.78 bits per heavy atom. The Balaban J connectivity index is 2.26. The molecule has 0 saturated carbocycles. The van der Waals surface area contributed by atoms with Gasteiger partial charge < -0.3 is 14.9 Å². The Hall–Kier alpha value is -2.01. The number of carbonyl (C=O) groups is 2. The Morgan fingerprint density at radius 2 is 2.11 bits per heavy atom. The molecule has 1 aromatic heterocycles. The van der Waals surface area contributed by atoms with E-state index >= 15 is 0 Å². The zero-order valence-corrected chi connectivity index (χ0v) is 10.2. The molecule has 94 valence electrons. The SMILES string of the molecule is CC(OC(=O)c1cc2cc(Cl)ccc2o1)C(N)=O. The van der Waals surface area contributed by atoms with Gasteiger partial charge >= 0.3 is 5.97 Å². The van der Waals surface area contributed by atoms with Crippen LogP contribution in [0, 0.1) is 0 Å². The van der Waals surface area contributed by atoms with Crippen LogP contribution in [0.2, 0.25) is 5.02 Å². The molecule has 2 aromatic rings. The summed E-state index contributed by atoms with van der Waals surface area (Å²) in [6.45, 7) is 1.39. The molecule has 2 rings (SSSR count). The smallest absolute Gasteiger partial charge is 0.375 e. The maximum atomic E-state index is 11.7. The highest BCUT2D eigenvalue weighted by Crippen LogP contribution is 2.23. The molecule has 18 heavy (non-hydrogen) atoms. The third-order valence-corrected chi connectivity index (χ3v) is 2.60. The van der Waals surface area contributed by atoms with Crippen LogP contribution in [0.25, 0.3) is 11.0 Å². The Labute approximate surface area is 107 Å². The van der Waals surface area contributed by atoms with Crippen molar-refractivity contribution in [2.45, 2.75) is 13.0 Å². The van der Waals surface area contributed by atoms with E-state index in [1.807, 2.05) is 0 Å². The van der Waals surface area contributed by atoms with Crippen LogP contribution >= 0.6 is 11.6 Å². The molecular formula is C12H10ClNO4. The topological polar surface area (TPSA) is 82.5 Å². The Morgan fingerprint density at radius 1 is 1.39 bits per heavy atom. The van der Waals surface area contributed by atoms with Crippen molar-refractivity contribution < 1.29 is 18.7 Å². The fraction of sp³-hybridized carbons (Fsp3) is 0.167. The molecule has 0 fully saturated rings. The third kappa shape index (κ3) is 2.46. The monoisotopic (exact) mass is 267 g/mol. The van der Waals surface area contributed by atoms with E-state index in [4.69, 9.17) is 26.5 Å². The number of rotatable bonds is 3. The molecule has 0 saturated heterocycles. The number of nitrogens with two attached hydrogens (primary N) is 1. The van der Waals surface area contributed by atoms with Crippen LogP contribution in [0.1, 0.15) is 17.5 Å². The van der Waals surface area contributed by atoms with E-state index in [2.05, 4.69) is 0 Å². The first-order chi connectivity index (χ1) is 8.47. The van der Waals surface area contributed by atoms with Gasteiger partial charge in [0.05, 0.1) is 0 Å². The van der Waals surface area contributed by atoms with Crippen LogP contribution in [0.3, 0.4) is 0 Å². The van der Waals surface area contributed by atoms with E-state index in [1.54, 1.807) is 18.2 Å². The number of carbonyl (C=O) groups excluding carboxylic acids is 2. The van der Waals surface area contributed by atoms with E-state index in [0.717, 1.165) is 0 Å². The number of fused-ring (bicyclic) bond motifs is 1. The molecule has 0 bridgehead atoms. The maximum Gasteiger partial charge on any atom is 0.375 e. The molecule has 2 N–H and O–H groups in total. The van der Waals surface area contributed by atoms with Gasteiger partial charge in [0.2, 0.25) is 5.76 Å². The van der Waals surface area contributed by atoms with E-state index in [0.29, 0.717) is 16.0 Å². The van der Waals surface area contributed by atoms with Gasteiger partial charge in [-0.05, 0) is 31.2 Å². The number of hydrogen-bond acceptors (Lipinski definition) is 4. The van der Waals surface area contributed by atoms with Crippen LogP contribution in [0.5, 0.6) is 0 Å². The van der Waals surface area contributed by atoms with Crippen LogP contribution in [0.15, 0.2) is 28.7 Å². The van der Waals surface area contributed by atoms with Crippen molar-refractivity contribution >= 4 is 34.4 Å². The molecule has 1 atom stereocenters. The molecule has 5 nitrogen and oxygen atoms in total. The second-order valence-corrected chi connectivity index (χ2v) is 4.18. The molecule has 0 aliphatic rings. The lowest BCUT2D eigenvalue weighted by atomic mass is 10.2. The first-order valence-corrected chi connectivity index (χ1v) is 5.54. The van der Waals surface area contributed by atoms with E-state index in [9.17, 15) is 9.59 Å². The molecule has 0 aliphatic carbocycles. The second kappa shape index (κ2) is 4.70. The van der Waals surface area contributed by atoms with Gasteiger partial charge in [-0.25, -0.2) is 4.79 Å². The Kier molecular flexibility index (Phi) is 3.25. The van der Waals surface area contributed by atoms with E-state index < -0.39 is 18.0 Å². The van der Waals surface area contributed by atoms with Gasteiger partial charge in [-0.3, -0.25) is 4.79 Å². The average Bonchev–Trinajstić information content (AvgIpc) is 2.71. The van der Waals surface area contributed by atoms with Gasteiger partial charge in [0.25, 0.3) is 5.91 Å². The summed E-state index contributed by atoms with van der Waals surface area (Å²) in [4.78, 5) is 22.4. The molecule has 0 spiro atoms. The lowest BCUT2D eigenvalue weighted by molar-refractivity contribution is -0.125. The highest BCUT2D eigenvalue weighted by Gasteiger charge is 2.19. The van der Waals surface area contributed by atoms with Gasteiger partial charge in [-0.1, -0.05) is 11.6 Å². The molecule has 1 heterocycles. The molecular weight excluding hydrogens is 258 g/mol. The van der Waals surface area contributed by atoms with Crippen LogP contribution < -0.4 is 5.73 Å². The fourth-order valence-electron chi connectivity index (χ4n) is 1.39. The number of furan rings is 1. The minimum absolute atomic E-state index is 0.000340. The Bertz CT molecular complexity index is 620. The summed E-state index contributed by atoms with van der Waals surface area (Å²) >= 11 is 5.81. The van der Waals surface area contributed by atoms with Gasteiger partial charge in [0.1, 0.15) is 5.58 Å². The highest BCUT2D eigenvalue weighted by molar-refractivity contribution is 6.31. The minimum Gasteiger partial charge on any atom is -0.449 e. The summed E-state index contributed by atoms with van der Waals surface area (Å²) in [6, 6.07) is 6.45. The van der Waals surface area contributed by atoms with Crippen LogP contribution in [0.4, 0.5) is 0 Å². The predicted octanol–water partition coefficient (Wildman–Crippen LogP) is 2.12. The number of halogens is 1. The average molecular weight is 268 g/mol. The van der Waals surface area contributed by atoms with Crippen molar-refractivity contribution in [3.63, 3.8) is 0 Å². The van der Waals surface area contributed by atoms with Crippen molar-refractivity contribution in [1.29, 1.82) is 0 Å². The van der Waals surface area contributed by atoms with E-state index in [1.165, 1.54) is 13.0 Å². The van der Waals surface area contributed by atoms with Crippen molar-refractivity contribution in [2.24, 2.45) is 5.73 Å². The van der Waals surface area contributed by atoms with E-state index in [-0.39, 0.29) is 5.76 Å². The van der Waals surface area contributed by atoms with Gasteiger partial charge in [0, 0.05) is 10.4 Å². The number of hydrogen-bond donors (Lipinski definition) is 1. The lowest BCUT2D eigenvalue weighted by Gasteiger charge is -2.07. The number of esters is 1. The highest BCUT2D eigenvalue weighted by atomic mass is 35.5. The first-order valence-electron chi connectivity index (χ1n) is 5.17. The van der Waals surface area contributed by atoms with Gasteiger partial charge in [-0.15, -0.1) is 0 Å². The fourth-order valence-corrected chi connectivity index (χ4v) is 1.57. The lowest BCUT2D eigenvalue weighted by Crippen LogP contribution is -2.30. The van der Waals surface area contributed by atoms with Crippen molar-refractivity contribution in [3.05, 3.63) is 35.0 Å². The zero-order chi connectivity index (χ0) is 13.3. The molecule has 6 heteroatoms. The quantitative estimate of drug-likeness (QED) is 0.864. The maximum absolute atomic E-state index is 11.7. The number of ether oxygens (including phenoxy) is 1. The first kappa shape index (κ1) is 12.4. The summed E-state index contributed by atoms with van der Waals surface area (Å²) in [7, 11) is 0. The predicted molar refractivity (Wildman–Crippen MR) is 65.3 cm³/mol. The molecule has 0 aliphatic heterocycles. The van der Waals surface area contributed by atoms with Crippen molar-refractivity contribution in [3.8, 4) is 0 Å². The minimum atomic E-state index is -1.01. The summed E-state index contributed by atoms with van der Waals surface area (Å²) in [6.07, 6.45) is -1.01. The standard InChI is InChI=1S/C12H10ClNO4/c1-6(11(14)15)17-12(16)10-5-7-4-8(13)2-3-9(7)18-10/h2-6H,1H3,(H2,14,15). The summed E-state index contributed by atoms with van der Waals surface area (Å²) < 4.78 is 10.1. The summed E-state index contributed by atoms with van der Waals surface area (Å²) in [5, 5.41) is 1.22. The second-order valence-electron chi connectivity index (χ2n) is 3.74. The van der Waals surface area contributed by atoms with Crippen molar-refractivity contribution in [2.75, 3.05) is 0 Å². The largest absolute Gasteiger partial charge is 0.449 e. The molecule has 0 radical (unpaired) electrons. The summed E-state index contributed by atoms with van der Waals surface area (Å²) in [5.41, 5.74) is 5.51. The van der Waals surface area contributed by atoms with Crippen LogP contribution in [-0.4, -0.2) is 18.0 Å². The number of benzene rings is 1. The molecule has 1 unspecified atom stereocenters. The van der Waals surface area contributed by atoms with Crippen molar-refractivity contribution in [1.82, 2.24) is 0 Å². The summed E-state index contributed by atoms with van der Waals surface area (Å²) in [5.74, 6) is -1.46. The van der Waals surface area contributed by atoms with Gasteiger partial charge in [-0.2, -0.15) is 0 Å². The molecule has 1 amide bonds. The zero-order valence-electron chi connectivity index (χ0n) is 9.48. The normalized spacial score (nSPS) is 12.3. The third-order valence-electron chi connectivity index (χ3n) is 2.36. The van der Waals surface area contributed by atoms with Crippen LogP contribution in [-0.2, 0) is 9.53 Å². The van der Waals surface area contributed by atoms with Gasteiger partial charge in [0.15, 0.2) is 6.10 Å².